The molecule has 3 rings (SSSR count). The number of thiophene rings is 1. The Labute approximate surface area is 128 Å². The molecule has 0 amide bonds. The van der Waals surface area contributed by atoms with Crippen LogP contribution in [0.15, 0.2) is 46.3 Å². The van der Waals surface area contributed by atoms with Crippen molar-refractivity contribution in [3.05, 3.63) is 57.9 Å². The lowest BCUT2D eigenvalue weighted by Gasteiger charge is -2.06. The molecule has 0 bridgehead atoms. The third-order valence-corrected chi connectivity index (χ3v) is 4.56. The first-order valence-electron chi connectivity index (χ1n) is 7.08. The van der Waals surface area contributed by atoms with Crippen LogP contribution in [0.5, 0.6) is 0 Å². The molecule has 0 saturated heterocycles. The summed E-state index contributed by atoms with van der Waals surface area (Å²) in [6, 6.07) is 12.5. The van der Waals surface area contributed by atoms with Crippen LogP contribution in [0, 0.1) is 6.92 Å². The van der Waals surface area contributed by atoms with Gasteiger partial charge in [0.15, 0.2) is 0 Å². The fourth-order valence-electron chi connectivity index (χ4n) is 2.53. The van der Waals surface area contributed by atoms with Gasteiger partial charge in [-0.05, 0) is 48.8 Å². The Morgan fingerprint density at radius 2 is 2.00 bits per heavy atom. The molecule has 2 heterocycles. The van der Waals surface area contributed by atoms with Gasteiger partial charge in [0.1, 0.15) is 0 Å². The van der Waals surface area contributed by atoms with Crippen LogP contribution in [0.4, 0.5) is 5.88 Å². The smallest absolute Gasteiger partial charge is 0.230 e. The van der Waals surface area contributed by atoms with Crippen molar-refractivity contribution in [2.75, 3.05) is 5.73 Å². The largest absolute Gasteiger partial charge is 0.367 e. The van der Waals surface area contributed by atoms with Gasteiger partial charge in [0, 0.05) is 4.88 Å². The molecular weight excluding hydrogens is 280 g/mol. The molecule has 0 spiro atoms. The Balaban J connectivity index is 1.79. The van der Waals surface area contributed by atoms with E-state index in [4.69, 9.17) is 10.3 Å². The maximum Gasteiger partial charge on any atom is 0.230 e. The molecule has 2 N–H and O–H groups in total. The fourth-order valence-corrected chi connectivity index (χ4v) is 3.29. The minimum absolute atomic E-state index is 0.412. The summed E-state index contributed by atoms with van der Waals surface area (Å²) in [5.41, 5.74) is 10.2. The fraction of sp³-hybridized carbons (Fsp3) is 0.235. The number of hydrogen-bond acceptors (Lipinski definition) is 4. The SMILES string of the molecule is Cc1ccccc1-c1c(CCCc2cccs2)noc1N. The highest BCUT2D eigenvalue weighted by atomic mass is 32.1. The Bertz CT molecular complexity index is 716. The van der Waals surface area contributed by atoms with Crippen LogP contribution >= 0.6 is 11.3 Å². The van der Waals surface area contributed by atoms with Gasteiger partial charge in [-0.15, -0.1) is 11.3 Å². The van der Waals surface area contributed by atoms with E-state index in [-0.39, 0.29) is 0 Å². The molecule has 3 nitrogen and oxygen atoms in total. The van der Waals surface area contributed by atoms with Gasteiger partial charge < -0.3 is 10.3 Å². The Kier molecular flexibility index (Phi) is 4.06. The Morgan fingerprint density at radius 1 is 1.14 bits per heavy atom. The molecule has 0 unspecified atom stereocenters. The van der Waals surface area contributed by atoms with Gasteiger partial charge in [-0.2, -0.15) is 0 Å². The first-order valence-corrected chi connectivity index (χ1v) is 7.96. The number of hydrogen-bond donors (Lipinski definition) is 1. The number of rotatable bonds is 5. The first-order chi connectivity index (χ1) is 10.3. The van der Waals surface area contributed by atoms with Crippen LogP contribution in [0.1, 0.15) is 22.6 Å². The van der Waals surface area contributed by atoms with E-state index >= 15 is 0 Å². The number of aromatic nitrogens is 1. The summed E-state index contributed by atoms with van der Waals surface area (Å²) in [5, 5.41) is 6.27. The van der Waals surface area contributed by atoms with E-state index in [0.29, 0.717) is 5.88 Å². The van der Waals surface area contributed by atoms with Crippen molar-refractivity contribution >= 4 is 17.2 Å². The van der Waals surface area contributed by atoms with Gasteiger partial charge in [0.2, 0.25) is 5.88 Å². The van der Waals surface area contributed by atoms with Gasteiger partial charge in [-0.1, -0.05) is 35.5 Å². The van der Waals surface area contributed by atoms with Crippen molar-refractivity contribution in [1.82, 2.24) is 5.16 Å². The average Bonchev–Trinajstić information content (AvgIpc) is 3.11. The molecule has 3 aromatic rings. The molecule has 0 aliphatic heterocycles. The zero-order valence-corrected chi connectivity index (χ0v) is 12.8. The predicted octanol–water partition coefficient (Wildman–Crippen LogP) is 4.47. The summed E-state index contributed by atoms with van der Waals surface area (Å²) in [6.07, 6.45) is 2.99. The van der Waals surface area contributed by atoms with Gasteiger partial charge in [-0.25, -0.2) is 0 Å². The second-order valence-corrected chi connectivity index (χ2v) is 6.15. The average molecular weight is 298 g/mol. The zero-order valence-electron chi connectivity index (χ0n) is 12.0. The number of nitrogen functional groups attached to an aromatic ring is 1. The molecule has 0 saturated carbocycles. The Morgan fingerprint density at radius 3 is 2.76 bits per heavy atom. The van der Waals surface area contributed by atoms with Crippen molar-refractivity contribution in [1.29, 1.82) is 0 Å². The molecule has 21 heavy (non-hydrogen) atoms. The second-order valence-electron chi connectivity index (χ2n) is 5.12. The van der Waals surface area contributed by atoms with Crippen molar-refractivity contribution in [3.8, 4) is 11.1 Å². The standard InChI is InChI=1S/C17H18N2OS/c1-12-6-2-3-9-14(12)16-15(19-20-17(16)18)10-4-7-13-8-5-11-21-13/h2-3,5-6,8-9,11H,4,7,10,18H2,1H3. The summed E-state index contributed by atoms with van der Waals surface area (Å²) in [6.45, 7) is 2.08. The molecule has 0 fully saturated rings. The maximum absolute atomic E-state index is 5.98. The highest BCUT2D eigenvalue weighted by Crippen LogP contribution is 2.32. The topological polar surface area (TPSA) is 52.0 Å². The van der Waals surface area contributed by atoms with Crippen LogP contribution in [-0.2, 0) is 12.8 Å². The van der Waals surface area contributed by atoms with E-state index in [9.17, 15) is 0 Å². The van der Waals surface area contributed by atoms with Crippen molar-refractivity contribution in [3.63, 3.8) is 0 Å². The lowest BCUT2D eigenvalue weighted by Crippen LogP contribution is -1.94. The van der Waals surface area contributed by atoms with Gasteiger partial charge in [0.05, 0.1) is 11.3 Å². The third kappa shape index (κ3) is 3.00. The maximum atomic E-state index is 5.98. The molecular formula is C17H18N2OS. The van der Waals surface area contributed by atoms with E-state index in [1.165, 1.54) is 10.4 Å². The summed E-state index contributed by atoms with van der Waals surface area (Å²) in [4.78, 5) is 1.41. The highest BCUT2D eigenvalue weighted by molar-refractivity contribution is 7.09. The molecule has 108 valence electrons. The lowest BCUT2D eigenvalue weighted by atomic mass is 9.98. The Hall–Kier alpha value is -2.07. The van der Waals surface area contributed by atoms with Gasteiger partial charge in [0.25, 0.3) is 0 Å². The molecule has 0 atom stereocenters. The summed E-state index contributed by atoms with van der Waals surface area (Å²) < 4.78 is 5.22. The molecule has 0 aliphatic carbocycles. The molecule has 0 radical (unpaired) electrons. The first kappa shape index (κ1) is 13.9. The predicted molar refractivity (Wildman–Crippen MR) is 87.4 cm³/mol. The third-order valence-electron chi connectivity index (χ3n) is 3.62. The number of nitrogens with zero attached hydrogens (tertiary/aromatic N) is 1. The molecule has 0 aliphatic rings. The summed E-state index contributed by atoms with van der Waals surface area (Å²) in [5.74, 6) is 0.412. The van der Waals surface area contributed by atoms with Crippen molar-refractivity contribution in [2.24, 2.45) is 0 Å². The summed E-state index contributed by atoms with van der Waals surface area (Å²) >= 11 is 1.80. The second kappa shape index (κ2) is 6.14. The van der Waals surface area contributed by atoms with E-state index in [1.807, 2.05) is 12.1 Å². The monoisotopic (exact) mass is 298 g/mol. The normalized spacial score (nSPS) is 10.9. The minimum Gasteiger partial charge on any atom is -0.367 e. The zero-order chi connectivity index (χ0) is 14.7. The van der Waals surface area contributed by atoms with Crippen LogP contribution in [0.25, 0.3) is 11.1 Å². The summed E-state index contributed by atoms with van der Waals surface area (Å²) in [7, 11) is 0. The minimum atomic E-state index is 0.412. The quantitative estimate of drug-likeness (QED) is 0.756. The van der Waals surface area contributed by atoms with Crippen LogP contribution in [-0.4, -0.2) is 5.16 Å². The molecule has 2 aromatic heterocycles. The van der Waals surface area contributed by atoms with E-state index in [2.05, 4.69) is 41.7 Å². The molecule has 1 aromatic carbocycles. The number of benzene rings is 1. The van der Waals surface area contributed by atoms with E-state index in [0.717, 1.165) is 36.1 Å². The van der Waals surface area contributed by atoms with Crippen molar-refractivity contribution < 1.29 is 4.52 Å². The van der Waals surface area contributed by atoms with Gasteiger partial charge in [-0.3, -0.25) is 0 Å². The highest BCUT2D eigenvalue weighted by Gasteiger charge is 2.16. The van der Waals surface area contributed by atoms with Gasteiger partial charge >= 0.3 is 0 Å². The van der Waals surface area contributed by atoms with Crippen molar-refractivity contribution in [2.45, 2.75) is 26.2 Å². The van der Waals surface area contributed by atoms with E-state index in [1.54, 1.807) is 11.3 Å². The molecule has 4 heteroatoms. The van der Waals surface area contributed by atoms with Crippen LogP contribution < -0.4 is 5.73 Å². The number of aryl methyl sites for hydroxylation is 3. The van der Waals surface area contributed by atoms with Crippen LogP contribution in [0.2, 0.25) is 0 Å². The van der Waals surface area contributed by atoms with E-state index < -0.39 is 0 Å². The number of anilines is 1. The van der Waals surface area contributed by atoms with Crippen LogP contribution in [0.3, 0.4) is 0 Å². The number of nitrogens with two attached hydrogens (primary N) is 1. The lowest BCUT2D eigenvalue weighted by molar-refractivity contribution is 0.426.